The van der Waals surface area contributed by atoms with Gasteiger partial charge in [0.25, 0.3) is 0 Å². The van der Waals surface area contributed by atoms with Crippen LogP contribution < -0.4 is 5.73 Å². The first-order valence-electron chi connectivity index (χ1n) is 5.31. The summed E-state index contributed by atoms with van der Waals surface area (Å²) in [6.45, 7) is 0. The number of hydrogen-bond donors (Lipinski definition) is 2. The summed E-state index contributed by atoms with van der Waals surface area (Å²) in [7, 11) is 0. The van der Waals surface area contributed by atoms with E-state index >= 15 is 0 Å². The predicted molar refractivity (Wildman–Crippen MR) is 62.4 cm³/mol. The minimum Gasteiger partial charge on any atom is -0.476 e. The lowest BCUT2D eigenvalue weighted by Gasteiger charge is -2.08. The Balaban J connectivity index is 2.65. The van der Waals surface area contributed by atoms with Gasteiger partial charge in [-0.2, -0.15) is 23.5 Å². The van der Waals surface area contributed by atoms with Crippen molar-refractivity contribution in [3.05, 3.63) is 35.3 Å². The summed E-state index contributed by atoms with van der Waals surface area (Å²) in [5.74, 6) is -1.90. The quantitative estimate of drug-likeness (QED) is 0.865. The standard InChI is InChI=1S/C11H6F3N5O2/c12-11(13,14)7-2-1-5(3-15)9(17-7)19-4-6(16)8(18-19)10(20)21/h1-2,4H,16H2,(H,20,21). The molecule has 3 N–H and O–H groups in total. The zero-order chi connectivity index (χ0) is 15.8. The summed E-state index contributed by atoms with van der Waals surface area (Å²) >= 11 is 0. The molecule has 21 heavy (non-hydrogen) atoms. The van der Waals surface area contributed by atoms with Crippen molar-refractivity contribution in [1.82, 2.24) is 14.8 Å². The third-order valence-electron chi connectivity index (χ3n) is 2.45. The highest BCUT2D eigenvalue weighted by molar-refractivity contribution is 5.91. The number of nitrogens with two attached hydrogens (primary N) is 1. The fourth-order valence-electron chi connectivity index (χ4n) is 1.53. The topological polar surface area (TPSA) is 118 Å². The number of carbonyl (C=O) groups is 1. The summed E-state index contributed by atoms with van der Waals surface area (Å²) in [5.41, 5.74) is 3.16. The molecule has 2 aromatic rings. The second-order valence-corrected chi connectivity index (χ2v) is 3.86. The van der Waals surface area contributed by atoms with Gasteiger partial charge in [-0.3, -0.25) is 0 Å². The largest absolute Gasteiger partial charge is 0.476 e. The lowest BCUT2D eigenvalue weighted by molar-refractivity contribution is -0.141. The van der Waals surface area contributed by atoms with Crippen molar-refractivity contribution in [1.29, 1.82) is 5.26 Å². The molecule has 0 unspecified atom stereocenters. The normalized spacial score (nSPS) is 11.1. The molecule has 2 aromatic heterocycles. The van der Waals surface area contributed by atoms with Crippen LogP contribution in [-0.2, 0) is 6.18 Å². The van der Waals surface area contributed by atoms with Gasteiger partial charge in [0.1, 0.15) is 11.8 Å². The summed E-state index contributed by atoms with van der Waals surface area (Å²) in [6.07, 6.45) is -3.73. The Kier molecular flexibility index (Phi) is 3.26. The Morgan fingerprint density at radius 3 is 2.57 bits per heavy atom. The van der Waals surface area contributed by atoms with Crippen LogP contribution in [0.25, 0.3) is 5.82 Å². The average Bonchev–Trinajstić information content (AvgIpc) is 2.79. The highest BCUT2D eigenvalue weighted by Gasteiger charge is 2.33. The minimum absolute atomic E-state index is 0.206. The fourth-order valence-corrected chi connectivity index (χ4v) is 1.53. The Bertz CT molecular complexity index is 760. The average molecular weight is 297 g/mol. The van der Waals surface area contributed by atoms with E-state index in [1.165, 1.54) is 0 Å². The summed E-state index contributed by atoms with van der Waals surface area (Å²) in [4.78, 5) is 14.1. The van der Waals surface area contributed by atoms with Gasteiger partial charge in [-0.05, 0) is 12.1 Å². The first-order valence-corrected chi connectivity index (χ1v) is 5.31. The van der Waals surface area contributed by atoms with Gasteiger partial charge in [0, 0.05) is 0 Å². The molecule has 0 amide bonds. The number of nitrogens with zero attached hydrogens (tertiary/aromatic N) is 4. The summed E-state index contributed by atoms with van der Waals surface area (Å²) in [5, 5.41) is 21.2. The van der Waals surface area contributed by atoms with Crippen molar-refractivity contribution >= 4 is 11.7 Å². The number of aromatic carboxylic acids is 1. The van der Waals surface area contributed by atoms with Crippen LogP contribution in [0.1, 0.15) is 21.7 Å². The number of anilines is 1. The number of nitrogen functional groups attached to an aromatic ring is 1. The van der Waals surface area contributed by atoms with Crippen molar-refractivity contribution in [2.24, 2.45) is 0 Å². The second-order valence-electron chi connectivity index (χ2n) is 3.86. The van der Waals surface area contributed by atoms with Crippen LogP contribution in [-0.4, -0.2) is 25.8 Å². The molecule has 7 nitrogen and oxygen atoms in total. The molecule has 0 aliphatic carbocycles. The molecule has 0 bridgehead atoms. The van der Waals surface area contributed by atoms with E-state index in [0.717, 1.165) is 16.9 Å². The smallest absolute Gasteiger partial charge is 0.433 e. The molecule has 0 aliphatic rings. The maximum atomic E-state index is 12.6. The lowest BCUT2D eigenvalue weighted by Crippen LogP contribution is -2.12. The van der Waals surface area contributed by atoms with Gasteiger partial charge >= 0.3 is 12.1 Å². The van der Waals surface area contributed by atoms with Crippen molar-refractivity contribution in [2.75, 3.05) is 5.73 Å². The monoisotopic (exact) mass is 297 g/mol. The van der Waals surface area contributed by atoms with Crippen LogP contribution in [0, 0.1) is 11.3 Å². The molecule has 0 radical (unpaired) electrons. The molecule has 108 valence electrons. The highest BCUT2D eigenvalue weighted by Crippen LogP contribution is 2.29. The van der Waals surface area contributed by atoms with Crippen molar-refractivity contribution in [3.8, 4) is 11.9 Å². The third kappa shape index (κ3) is 2.62. The summed E-state index contributed by atoms with van der Waals surface area (Å²) in [6, 6.07) is 3.22. The van der Waals surface area contributed by atoms with Crippen LogP contribution in [0.2, 0.25) is 0 Å². The Labute approximate surface area is 115 Å². The van der Waals surface area contributed by atoms with Gasteiger partial charge in [0.15, 0.2) is 11.5 Å². The molecule has 0 spiro atoms. The number of rotatable bonds is 2. The Hall–Kier alpha value is -3.09. The second kappa shape index (κ2) is 4.78. The Morgan fingerprint density at radius 1 is 1.43 bits per heavy atom. The molecule has 2 heterocycles. The van der Waals surface area contributed by atoms with E-state index in [2.05, 4.69) is 10.1 Å². The SMILES string of the molecule is N#Cc1ccc(C(F)(F)F)nc1-n1cc(N)c(C(=O)O)n1. The van der Waals surface area contributed by atoms with E-state index in [1.54, 1.807) is 6.07 Å². The number of carboxylic acid groups (broad SMARTS) is 1. The molecule has 0 aromatic carbocycles. The molecule has 0 saturated heterocycles. The van der Waals surface area contributed by atoms with E-state index in [-0.39, 0.29) is 11.3 Å². The van der Waals surface area contributed by atoms with Crippen molar-refractivity contribution < 1.29 is 23.1 Å². The molecular formula is C11H6F3N5O2. The van der Waals surface area contributed by atoms with Gasteiger partial charge in [-0.15, -0.1) is 0 Å². The van der Waals surface area contributed by atoms with Crippen molar-refractivity contribution in [3.63, 3.8) is 0 Å². The predicted octanol–water partition coefficient (Wildman–Crippen LogP) is 1.44. The van der Waals surface area contributed by atoms with E-state index < -0.39 is 29.4 Å². The third-order valence-corrected chi connectivity index (χ3v) is 2.45. The summed E-state index contributed by atoms with van der Waals surface area (Å²) < 4.78 is 38.6. The minimum atomic E-state index is -4.71. The maximum Gasteiger partial charge on any atom is 0.433 e. The molecule has 2 rings (SSSR count). The number of pyridine rings is 1. The first-order chi connectivity index (χ1) is 9.74. The first kappa shape index (κ1) is 14.3. The number of hydrogen-bond acceptors (Lipinski definition) is 5. The zero-order valence-corrected chi connectivity index (χ0v) is 10.1. The molecule has 10 heteroatoms. The van der Waals surface area contributed by atoms with Crippen LogP contribution in [0.3, 0.4) is 0 Å². The molecule has 0 atom stereocenters. The molecule has 0 aliphatic heterocycles. The van der Waals surface area contributed by atoms with Gasteiger partial charge < -0.3 is 10.8 Å². The van der Waals surface area contributed by atoms with Crippen LogP contribution >= 0.6 is 0 Å². The lowest BCUT2D eigenvalue weighted by atomic mass is 10.2. The molecule has 0 saturated carbocycles. The molecular weight excluding hydrogens is 291 g/mol. The highest BCUT2D eigenvalue weighted by atomic mass is 19.4. The molecule has 0 fully saturated rings. The van der Waals surface area contributed by atoms with E-state index in [1.807, 2.05) is 0 Å². The zero-order valence-electron chi connectivity index (χ0n) is 10.1. The number of alkyl halides is 3. The maximum absolute atomic E-state index is 12.6. The van der Waals surface area contributed by atoms with E-state index in [9.17, 15) is 18.0 Å². The van der Waals surface area contributed by atoms with Gasteiger partial charge in [-0.25, -0.2) is 14.5 Å². The van der Waals surface area contributed by atoms with Crippen molar-refractivity contribution in [2.45, 2.75) is 6.18 Å². The van der Waals surface area contributed by atoms with E-state index in [4.69, 9.17) is 16.1 Å². The van der Waals surface area contributed by atoms with Gasteiger partial charge in [-0.1, -0.05) is 0 Å². The fraction of sp³-hybridized carbons (Fsp3) is 0.0909. The number of halogens is 3. The Morgan fingerprint density at radius 2 is 2.10 bits per heavy atom. The van der Waals surface area contributed by atoms with Crippen LogP contribution in [0.5, 0.6) is 0 Å². The number of nitriles is 1. The van der Waals surface area contributed by atoms with Gasteiger partial charge in [0.2, 0.25) is 0 Å². The van der Waals surface area contributed by atoms with Crippen LogP contribution in [0.4, 0.5) is 18.9 Å². The van der Waals surface area contributed by atoms with E-state index in [0.29, 0.717) is 6.07 Å². The number of aromatic nitrogens is 3. The van der Waals surface area contributed by atoms with Crippen LogP contribution in [0.15, 0.2) is 18.3 Å². The van der Waals surface area contributed by atoms with Gasteiger partial charge in [0.05, 0.1) is 17.4 Å². The number of carboxylic acids is 1.